The summed E-state index contributed by atoms with van der Waals surface area (Å²) in [5.74, 6) is -0.0950. The van der Waals surface area contributed by atoms with Crippen LogP contribution in [0.2, 0.25) is 0 Å². The first kappa shape index (κ1) is 18.4. The summed E-state index contributed by atoms with van der Waals surface area (Å²) in [5, 5.41) is 2.32. The smallest absolute Gasteiger partial charge is 0.261 e. The summed E-state index contributed by atoms with van der Waals surface area (Å²) in [6, 6.07) is 11.0. The molecule has 0 saturated carbocycles. The van der Waals surface area contributed by atoms with E-state index in [0.717, 1.165) is 41.5 Å². The lowest BCUT2D eigenvalue weighted by Crippen LogP contribution is -2.41. The van der Waals surface area contributed by atoms with Crippen molar-refractivity contribution in [2.24, 2.45) is 0 Å². The van der Waals surface area contributed by atoms with Crippen LogP contribution in [0.4, 0.5) is 0 Å². The van der Waals surface area contributed by atoms with Gasteiger partial charge in [0.15, 0.2) is 0 Å². The third-order valence-corrected chi connectivity index (χ3v) is 7.49. The predicted molar refractivity (Wildman–Crippen MR) is 120 cm³/mol. The van der Waals surface area contributed by atoms with Gasteiger partial charge in [-0.1, -0.05) is 24.3 Å². The van der Waals surface area contributed by atoms with E-state index in [-0.39, 0.29) is 23.9 Å². The van der Waals surface area contributed by atoms with E-state index >= 15 is 0 Å². The third-order valence-electron chi connectivity index (χ3n) is 6.30. The van der Waals surface area contributed by atoms with Crippen LogP contribution in [0, 0.1) is 0 Å². The summed E-state index contributed by atoms with van der Waals surface area (Å²) < 4.78 is 0. The van der Waals surface area contributed by atoms with E-state index in [4.69, 9.17) is 0 Å². The number of fused-ring (bicyclic) bond motifs is 3. The number of thiophene rings is 1. The lowest BCUT2D eigenvalue weighted by atomic mass is 9.94. The lowest BCUT2D eigenvalue weighted by Gasteiger charge is -2.27. The standard InChI is InChI=1S/C24H19N3O3S/c28-21-20-14-7-1-2-10-17(14)31-22(20)26-18(25-21)11-12-27-23(29)15-8-3-5-13-6-4-9-16(19(13)15)24(27)30/h3-6,8-9H,1-2,7,10-12H2,(H,25,26,28). The molecule has 2 aromatic carbocycles. The van der Waals surface area contributed by atoms with Crippen molar-refractivity contribution in [3.63, 3.8) is 0 Å². The second-order valence-corrected chi connectivity index (χ2v) is 9.21. The summed E-state index contributed by atoms with van der Waals surface area (Å²) in [6.07, 6.45) is 4.50. The molecule has 1 aliphatic heterocycles. The van der Waals surface area contributed by atoms with E-state index < -0.39 is 0 Å². The molecule has 0 spiro atoms. The fourth-order valence-electron chi connectivity index (χ4n) is 4.83. The van der Waals surface area contributed by atoms with Crippen LogP contribution in [-0.4, -0.2) is 33.2 Å². The number of nitrogens with zero attached hydrogens (tertiary/aromatic N) is 2. The highest BCUT2D eigenvalue weighted by molar-refractivity contribution is 7.18. The Hall–Kier alpha value is -3.32. The van der Waals surface area contributed by atoms with Crippen LogP contribution in [0.1, 0.15) is 49.8 Å². The zero-order valence-corrected chi connectivity index (χ0v) is 17.6. The maximum atomic E-state index is 13.1. The Morgan fingerprint density at radius 3 is 2.39 bits per heavy atom. The first-order chi connectivity index (χ1) is 15.1. The van der Waals surface area contributed by atoms with Crippen molar-refractivity contribution in [1.29, 1.82) is 0 Å². The number of carbonyl (C=O) groups excluding carboxylic acids is 2. The number of rotatable bonds is 3. The van der Waals surface area contributed by atoms with Crippen LogP contribution in [0.15, 0.2) is 41.2 Å². The SMILES string of the molecule is O=C1c2cccc3cccc(c23)C(=O)N1CCc1nc2sc3c(c2c(=O)[nH]1)CCCC3. The number of hydrogen-bond acceptors (Lipinski definition) is 5. The molecule has 6 rings (SSSR count). The molecular formula is C24H19N3O3S. The van der Waals surface area contributed by atoms with Crippen LogP contribution >= 0.6 is 11.3 Å². The number of benzene rings is 2. The van der Waals surface area contributed by atoms with E-state index in [1.165, 1.54) is 9.78 Å². The normalized spacial score (nSPS) is 15.7. The van der Waals surface area contributed by atoms with E-state index in [9.17, 15) is 14.4 Å². The predicted octanol–water partition coefficient (Wildman–Crippen LogP) is 3.86. The van der Waals surface area contributed by atoms with Gasteiger partial charge in [0.2, 0.25) is 0 Å². The summed E-state index contributed by atoms with van der Waals surface area (Å²) in [5.41, 5.74) is 2.11. The Morgan fingerprint density at radius 1 is 0.935 bits per heavy atom. The number of H-pyrrole nitrogens is 1. The Kier molecular flexibility index (Phi) is 4.08. The zero-order valence-electron chi connectivity index (χ0n) is 16.7. The van der Waals surface area contributed by atoms with Gasteiger partial charge < -0.3 is 4.98 Å². The van der Waals surface area contributed by atoms with Crippen LogP contribution in [0.25, 0.3) is 21.0 Å². The second kappa shape index (κ2) is 6.85. The number of hydrogen-bond donors (Lipinski definition) is 1. The van der Waals surface area contributed by atoms with Crippen LogP contribution in [0.5, 0.6) is 0 Å². The van der Waals surface area contributed by atoms with Gasteiger partial charge in [-0.05, 0) is 48.8 Å². The third kappa shape index (κ3) is 2.76. The monoisotopic (exact) mass is 429 g/mol. The molecule has 7 heteroatoms. The van der Waals surface area contributed by atoms with Crippen molar-refractivity contribution < 1.29 is 9.59 Å². The van der Waals surface area contributed by atoms with Gasteiger partial charge in [0, 0.05) is 34.4 Å². The van der Waals surface area contributed by atoms with Crippen molar-refractivity contribution >= 4 is 44.1 Å². The summed E-state index contributed by atoms with van der Waals surface area (Å²) in [6.45, 7) is 0.169. The molecule has 31 heavy (non-hydrogen) atoms. The largest absolute Gasteiger partial charge is 0.310 e. The molecule has 0 radical (unpaired) electrons. The Labute approximate surface area is 181 Å². The minimum atomic E-state index is -0.302. The number of nitrogens with one attached hydrogen (secondary N) is 1. The molecule has 0 saturated heterocycles. The quantitative estimate of drug-likeness (QED) is 0.502. The summed E-state index contributed by atoms with van der Waals surface area (Å²) in [4.78, 5) is 49.7. The topological polar surface area (TPSA) is 83.1 Å². The minimum absolute atomic E-state index is 0.120. The number of imide groups is 1. The number of amides is 2. The Balaban J connectivity index is 1.33. The van der Waals surface area contributed by atoms with Gasteiger partial charge in [-0.15, -0.1) is 11.3 Å². The van der Waals surface area contributed by atoms with E-state index in [1.54, 1.807) is 23.5 Å². The van der Waals surface area contributed by atoms with Gasteiger partial charge in [-0.3, -0.25) is 19.3 Å². The van der Waals surface area contributed by atoms with E-state index in [1.807, 2.05) is 24.3 Å². The highest BCUT2D eigenvalue weighted by atomic mass is 32.1. The van der Waals surface area contributed by atoms with Crippen molar-refractivity contribution in [2.75, 3.05) is 6.54 Å². The van der Waals surface area contributed by atoms with E-state index in [2.05, 4.69) is 9.97 Å². The maximum absolute atomic E-state index is 13.1. The molecule has 0 atom stereocenters. The lowest BCUT2D eigenvalue weighted by molar-refractivity contribution is 0.0612. The van der Waals surface area contributed by atoms with Crippen LogP contribution in [-0.2, 0) is 19.3 Å². The second-order valence-electron chi connectivity index (χ2n) is 8.12. The van der Waals surface area contributed by atoms with Crippen LogP contribution in [0.3, 0.4) is 0 Å². The number of carbonyl (C=O) groups is 2. The molecule has 1 N–H and O–H groups in total. The van der Waals surface area contributed by atoms with Crippen molar-refractivity contribution in [3.8, 4) is 0 Å². The molecule has 6 nitrogen and oxygen atoms in total. The fraction of sp³-hybridized carbons (Fsp3) is 0.250. The molecule has 3 heterocycles. The zero-order chi connectivity index (χ0) is 21.1. The molecular weight excluding hydrogens is 410 g/mol. The van der Waals surface area contributed by atoms with Crippen molar-refractivity contribution in [2.45, 2.75) is 32.1 Å². The summed E-state index contributed by atoms with van der Waals surface area (Å²) in [7, 11) is 0. The van der Waals surface area contributed by atoms with Gasteiger partial charge in [0.1, 0.15) is 10.7 Å². The molecule has 2 aliphatic rings. The number of aromatic amines is 1. The van der Waals surface area contributed by atoms with Gasteiger partial charge in [-0.25, -0.2) is 4.98 Å². The average Bonchev–Trinajstić information content (AvgIpc) is 3.16. The molecule has 2 amide bonds. The maximum Gasteiger partial charge on any atom is 0.261 e. The molecule has 154 valence electrons. The number of aromatic nitrogens is 2. The first-order valence-corrected chi connectivity index (χ1v) is 11.3. The average molecular weight is 430 g/mol. The fourth-order valence-corrected chi connectivity index (χ4v) is 6.11. The number of aryl methyl sites for hydroxylation is 2. The van der Waals surface area contributed by atoms with Gasteiger partial charge in [0.25, 0.3) is 17.4 Å². The molecule has 1 aliphatic carbocycles. The molecule has 0 fully saturated rings. The minimum Gasteiger partial charge on any atom is -0.310 e. The summed E-state index contributed by atoms with van der Waals surface area (Å²) >= 11 is 1.60. The van der Waals surface area contributed by atoms with Crippen LogP contribution < -0.4 is 5.56 Å². The Morgan fingerprint density at radius 2 is 1.65 bits per heavy atom. The Bertz CT molecular complexity index is 1420. The molecule has 4 aromatic rings. The van der Waals surface area contributed by atoms with Gasteiger partial charge in [-0.2, -0.15) is 0 Å². The highest BCUT2D eigenvalue weighted by Gasteiger charge is 2.32. The molecule has 2 aromatic heterocycles. The van der Waals surface area contributed by atoms with Gasteiger partial charge >= 0.3 is 0 Å². The molecule has 0 bridgehead atoms. The van der Waals surface area contributed by atoms with Crippen molar-refractivity contribution in [3.05, 3.63) is 74.1 Å². The molecule has 0 unspecified atom stereocenters. The van der Waals surface area contributed by atoms with Gasteiger partial charge in [0.05, 0.1) is 5.39 Å². The van der Waals surface area contributed by atoms with Crippen molar-refractivity contribution in [1.82, 2.24) is 14.9 Å². The first-order valence-electron chi connectivity index (χ1n) is 10.5. The highest BCUT2D eigenvalue weighted by Crippen LogP contribution is 2.34. The van der Waals surface area contributed by atoms with E-state index in [0.29, 0.717) is 34.1 Å².